The van der Waals surface area contributed by atoms with Crippen LogP contribution in [0.5, 0.6) is 17.2 Å². The highest BCUT2D eigenvalue weighted by Gasteiger charge is 2.17. The number of ether oxygens (including phenoxy) is 3. The van der Waals surface area contributed by atoms with Gasteiger partial charge in [0.15, 0.2) is 6.10 Å². The zero-order chi connectivity index (χ0) is 17.5. The van der Waals surface area contributed by atoms with Crippen LogP contribution in [0.1, 0.15) is 19.4 Å². The summed E-state index contributed by atoms with van der Waals surface area (Å²) in [6, 6.07) is 12.9. The first kappa shape index (κ1) is 17.7. The standard InChI is InChI=1S/C19H23NO4/c1-5-14-6-8-15(9-7-14)24-13(2)19(21)20-17-12-16(22-3)10-11-18(17)23-4/h6-13H,5H2,1-4H3,(H,20,21)/t13-/m1/s1. The average Bonchev–Trinajstić information content (AvgIpc) is 2.62. The Morgan fingerprint density at radius 2 is 1.71 bits per heavy atom. The summed E-state index contributed by atoms with van der Waals surface area (Å²) in [6.07, 6.45) is 0.319. The van der Waals surface area contributed by atoms with E-state index in [2.05, 4.69) is 12.2 Å². The van der Waals surface area contributed by atoms with Crippen LogP contribution >= 0.6 is 0 Å². The number of rotatable bonds is 7. The van der Waals surface area contributed by atoms with Gasteiger partial charge >= 0.3 is 0 Å². The number of benzene rings is 2. The molecule has 0 fully saturated rings. The van der Waals surface area contributed by atoms with Gasteiger partial charge in [-0.25, -0.2) is 0 Å². The van der Waals surface area contributed by atoms with Crippen molar-refractivity contribution in [3.63, 3.8) is 0 Å². The van der Waals surface area contributed by atoms with E-state index in [0.29, 0.717) is 22.9 Å². The summed E-state index contributed by atoms with van der Waals surface area (Å²) in [6.45, 7) is 3.79. The molecule has 0 saturated carbocycles. The number of anilines is 1. The van der Waals surface area contributed by atoms with Gasteiger partial charge in [-0.2, -0.15) is 0 Å². The fourth-order valence-electron chi connectivity index (χ4n) is 2.21. The van der Waals surface area contributed by atoms with Crippen LogP contribution in [0.25, 0.3) is 0 Å². The van der Waals surface area contributed by atoms with Crippen molar-refractivity contribution in [1.29, 1.82) is 0 Å². The molecule has 1 amide bonds. The molecular formula is C19H23NO4. The van der Waals surface area contributed by atoms with Crippen molar-refractivity contribution in [2.75, 3.05) is 19.5 Å². The second-order valence-corrected chi connectivity index (χ2v) is 5.31. The van der Waals surface area contributed by atoms with E-state index in [9.17, 15) is 4.79 Å². The summed E-state index contributed by atoms with van der Waals surface area (Å²) < 4.78 is 16.1. The van der Waals surface area contributed by atoms with Crippen LogP contribution in [-0.4, -0.2) is 26.2 Å². The molecule has 1 atom stereocenters. The number of hydrogen-bond acceptors (Lipinski definition) is 4. The van der Waals surface area contributed by atoms with E-state index < -0.39 is 6.10 Å². The summed E-state index contributed by atoms with van der Waals surface area (Å²) in [4.78, 5) is 12.4. The summed E-state index contributed by atoms with van der Waals surface area (Å²) in [7, 11) is 3.12. The SMILES string of the molecule is CCc1ccc(O[C@H](C)C(=O)Nc2cc(OC)ccc2OC)cc1. The van der Waals surface area contributed by atoms with Gasteiger partial charge in [0.2, 0.25) is 0 Å². The number of carbonyl (C=O) groups excluding carboxylic acids is 1. The van der Waals surface area contributed by atoms with E-state index in [4.69, 9.17) is 14.2 Å². The lowest BCUT2D eigenvalue weighted by Crippen LogP contribution is -2.30. The van der Waals surface area contributed by atoms with Crippen LogP contribution in [0, 0.1) is 0 Å². The maximum Gasteiger partial charge on any atom is 0.265 e. The molecular weight excluding hydrogens is 306 g/mol. The van der Waals surface area contributed by atoms with Gasteiger partial charge in [-0.05, 0) is 43.2 Å². The Bertz CT molecular complexity index is 682. The van der Waals surface area contributed by atoms with Crippen LogP contribution in [0.4, 0.5) is 5.69 Å². The third-order valence-corrected chi connectivity index (χ3v) is 3.68. The van der Waals surface area contributed by atoms with Crippen molar-refractivity contribution in [3.05, 3.63) is 48.0 Å². The highest BCUT2D eigenvalue weighted by molar-refractivity contribution is 5.95. The monoisotopic (exact) mass is 329 g/mol. The van der Waals surface area contributed by atoms with Gasteiger partial charge < -0.3 is 19.5 Å². The van der Waals surface area contributed by atoms with Gasteiger partial charge in [0.1, 0.15) is 17.2 Å². The lowest BCUT2D eigenvalue weighted by molar-refractivity contribution is -0.122. The van der Waals surface area contributed by atoms with E-state index >= 15 is 0 Å². The molecule has 0 bridgehead atoms. The van der Waals surface area contributed by atoms with Crippen molar-refractivity contribution in [2.45, 2.75) is 26.4 Å². The van der Waals surface area contributed by atoms with Crippen LogP contribution < -0.4 is 19.5 Å². The molecule has 0 radical (unpaired) electrons. The summed E-state index contributed by atoms with van der Waals surface area (Å²) in [5.74, 6) is 1.59. The first-order chi connectivity index (χ1) is 11.6. The zero-order valence-electron chi connectivity index (χ0n) is 14.5. The fourth-order valence-corrected chi connectivity index (χ4v) is 2.21. The van der Waals surface area contributed by atoms with Crippen molar-refractivity contribution in [3.8, 4) is 17.2 Å². The van der Waals surface area contributed by atoms with E-state index in [-0.39, 0.29) is 5.91 Å². The number of hydrogen-bond donors (Lipinski definition) is 1. The van der Waals surface area contributed by atoms with Crippen molar-refractivity contribution >= 4 is 11.6 Å². The van der Waals surface area contributed by atoms with Crippen LogP contribution in [0.15, 0.2) is 42.5 Å². The molecule has 5 heteroatoms. The van der Waals surface area contributed by atoms with E-state index in [1.165, 1.54) is 5.56 Å². The Kier molecular flexibility index (Phi) is 6.07. The van der Waals surface area contributed by atoms with Crippen molar-refractivity contribution in [2.24, 2.45) is 0 Å². The third-order valence-electron chi connectivity index (χ3n) is 3.68. The molecule has 0 aromatic heterocycles. The molecule has 0 unspecified atom stereocenters. The van der Waals surface area contributed by atoms with Gasteiger partial charge in [-0.1, -0.05) is 19.1 Å². The molecule has 0 aliphatic carbocycles. The molecule has 0 spiro atoms. The number of nitrogens with one attached hydrogen (secondary N) is 1. The van der Waals surface area contributed by atoms with Crippen molar-refractivity contribution in [1.82, 2.24) is 0 Å². The van der Waals surface area contributed by atoms with E-state index in [1.54, 1.807) is 39.3 Å². The molecule has 128 valence electrons. The van der Waals surface area contributed by atoms with Gasteiger partial charge in [0.05, 0.1) is 19.9 Å². The molecule has 2 aromatic rings. The molecule has 0 heterocycles. The minimum Gasteiger partial charge on any atom is -0.497 e. The molecule has 1 N–H and O–H groups in total. The van der Waals surface area contributed by atoms with Crippen LogP contribution in [-0.2, 0) is 11.2 Å². The van der Waals surface area contributed by atoms with Gasteiger partial charge in [-0.3, -0.25) is 4.79 Å². The molecule has 5 nitrogen and oxygen atoms in total. The van der Waals surface area contributed by atoms with E-state index in [1.807, 2.05) is 24.3 Å². The Balaban J connectivity index is 2.05. The van der Waals surface area contributed by atoms with Crippen LogP contribution in [0.2, 0.25) is 0 Å². The maximum atomic E-state index is 12.4. The minimum absolute atomic E-state index is 0.263. The highest BCUT2D eigenvalue weighted by atomic mass is 16.5. The predicted octanol–water partition coefficient (Wildman–Crippen LogP) is 3.67. The van der Waals surface area contributed by atoms with Gasteiger partial charge in [-0.15, -0.1) is 0 Å². The topological polar surface area (TPSA) is 56.8 Å². The Morgan fingerprint density at radius 3 is 2.29 bits per heavy atom. The zero-order valence-corrected chi connectivity index (χ0v) is 14.5. The molecule has 0 aliphatic rings. The van der Waals surface area contributed by atoms with Crippen LogP contribution in [0.3, 0.4) is 0 Å². The lowest BCUT2D eigenvalue weighted by Gasteiger charge is -2.17. The third kappa shape index (κ3) is 4.41. The number of aryl methyl sites for hydroxylation is 1. The molecule has 24 heavy (non-hydrogen) atoms. The molecule has 2 aromatic carbocycles. The average molecular weight is 329 g/mol. The fraction of sp³-hybridized carbons (Fsp3) is 0.316. The number of carbonyl (C=O) groups is 1. The Morgan fingerprint density at radius 1 is 1.04 bits per heavy atom. The lowest BCUT2D eigenvalue weighted by atomic mass is 10.2. The van der Waals surface area contributed by atoms with Gasteiger partial charge in [0, 0.05) is 6.07 Å². The van der Waals surface area contributed by atoms with E-state index in [0.717, 1.165) is 6.42 Å². The Labute approximate surface area is 142 Å². The second-order valence-electron chi connectivity index (χ2n) is 5.31. The smallest absolute Gasteiger partial charge is 0.265 e. The first-order valence-corrected chi connectivity index (χ1v) is 7.85. The predicted molar refractivity (Wildman–Crippen MR) is 94.1 cm³/mol. The first-order valence-electron chi connectivity index (χ1n) is 7.85. The summed E-state index contributed by atoms with van der Waals surface area (Å²) in [5, 5.41) is 2.81. The highest BCUT2D eigenvalue weighted by Crippen LogP contribution is 2.29. The van der Waals surface area contributed by atoms with Crippen molar-refractivity contribution < 1.29 is 19.0 Å². The second kappa shape index (κ2) is 8.24. The number of amides is 1. The molecule has 2 rings (SSSR count). The minimum atomic E-state index is -0.645. The normalized spacial score (nSPS) is 11.5. The summed E-state index contributed by atoms with van der Waals surface area (Å²) in [5.41, 5.74) is 1.76. The summed E-state index contributed by atoms with van der Waals surface area (Å²) >= 11 is 0. The molecule has 0 saturated heterocycles. The number of methoxy groups -OCH3 is 2. The van der Waals surface area contributed by atoms with Gasteiger partial charge in [0.25, 0.3) is 5.91 Å². The quantitative estimate of drug-likeness (QED) is 0.842. The maximum absolute atomic E-state index is 12.4. The molecule has 0 aliphatic heterocycles. The largest absolute Gasteiger partial charge is 0.497 e. The Hall–Kier alpha value is -2.69.